The molecule has 4 rings (SSSR count). The Morgan fingerprint density at radius 3 is 2.94 bits per heavy atom. The van der Waals surface area contributed by atoms with Crippen LogP contribution in [-0.4, -0.2) is 24.4 Å². The molecule has 5 nitrogen and oxygen atoms in total. The van der Waals surface area contributed by atoms with E-state index in [9.17, 15) is 0 Å². The van der Waals surface area contributed by atoms with Crippen molar-refractivity contribution >= 4 is 5.65 Å². The normalized spacial score (nSPS) is 15.3. The highest BCUT2D eigenvalue weighted by Crippen LogP contribution is 2.39. The van der Waals surface area contributed by atoms with Crippen LogP contribution < -0.4 is 0 Å². The largest absolute Gasteiger partial charge is 0.306 e. The van der Waals surface area contributed by atoms with Gasteiger partial charge in [-0.2, -0.15) is 0 Å². The average molecular weight is 239 g/mol. The van der Waals surface area contributed by atoms with Crippen molar-refractivity contribution in [1.82, 2.24) is 24.4 Å². The van der Waals surface area contributed by atoms with Crippen molar-refractivity contribution in [2.45, 2.75) is 25.3 Å². The molecule has 1 aliphatic carbocycles. The number of hydrogen-bond acceptors (Lipinski definition) is 3. The average Bonchev–Trinajstić information content (AvgIpc) is 2.96. The number of hydrogen-bond donors (Lipinski definition) is 0. The van der Waals surface area contributed by atoms with Gasteiger partial charge in [-0.15, -0.1) is 5.10 Å². The maximum atomic E-state index is 4.58. The van der Waals surface area contributed by atoms with E-state index < -0.39 is 0 Å². The van der Waals surface area contributed by atoms with E-state index in [1.54, 1.807) is 10.9 Å². The van der Waals surface area contributed by atoms with Crippen LogP contribution in [-0.2, 0) is 6.54 Å². The smallest absolute Gasteiger partial charge is 0.137 e. The number of aromatic nitrogens is 5. The second-order valence-corrected chi connectivity index (χ2v) is 4.84. The van der Waals surface area contributed by atoms with Crippen molar-refractivity contribution in [1.29, 1.82) is 0 Å². The van der Waals surface area contributed by atoms with Crippen molar-refractivity contribution < 1.29 is 0 Å². The molecule has 0 amide bonds. The number of fused-ring (bicyclic) bond motifs is 1. The molecule has 0 radical (unpaired) electrons. The lowest BCUT2D eigenvalue weighted by molar-refractivity contribution is 0.641. The SMILES string of the molecule is c1cn(Cc2cn3cc(C4CC4)ccc3n2)nn1. The number of imidazole rings is 1. The number of pyridine rings is 1. The van der Waals surface area contributed by atoms with Crippen LogP contribution in [0, 0.1) is 0 Å². The van der Waals surface area contributed by atoms with Gasteiger partial charge >= 0.3 is 0 Å². The standard InChI is InChI=1S/C13H13N5/c1-2-10(1)11-3-4-13-15-12(8-17(13)7-11)9-18-6-5-14-16-18/h3-8,10H,1-2,9H2. The summed E-state index contributed by atoms with van der Waals surface area (Å²) in [6.45, 7) is 0.667. The van der Waals surface area contributed by atoms with Crippen LogP contribution in [0.15, 0.2) is 36.9 Å². The zero-order chi connectivity index (χ0) is 11.9. The van der Waals surface area contributed by atoms with Crippen LogP contribution >= 0.6 is 0 Å². The molecule has 3 aromatic heterocycles. The third-order valence-electron chi connectivity index (χ3n) is 3.37. The Kier molecular flexibility index (Phi) is 2.00. The van der Waals surface area contributed by atoms with E-state index in [-0.39, 0.29) is 0 Å². The third-order valence-corrected chi connectivity index (χ3v) is 3.37. The minimum Gasteiger partial charge on any atom is -0.306 e. The fraction of sp³-hybridized carbons (Fsp3) is 0.308. The highest BCUT2D eigenvalue weighted by molar-refractivity contribution is 5.42. The van der Waals surface area contributed by atoms with E-state index in [2.05, 4.69) is 44.2 Å². The highest BCUT2D eigenvalue weighted by Gasteiger charge is 2.23. The van der Waals surface area contributed by atoms with Crippen molar-refractivity contribution in [3.8, 4) is 0 Å². The molecular weight excluding hydrogens is 226 g/mol. The maximum Gasteiger partial charge on any atom is 0.137 e. The van der Waals surface area contributed by atoms with E-state index in [1.807, 2.05) is 6.20 Å². The van der Waals surface area contributed by atoms with E-state index in [0.717, 1.165) is 17.3 Å². The second kappa shape index (κ2) is 3.66. The summed E-state index contributed by atoms with van der Waals surface area (Å²) in [5.41, 5.74) is 3.43. The zero-order valence-corrected chi connectivity index (χ0v) is 9.90. The molecule has 5 heteroatoms. The Bertz CT molecular complexity index is 679. The summed E-state index contributed by atoms with van der Waals surface area (Å²) in [5.74, 6) is 0.774. The Hall–Kier alpha value is -2.17. The molecule has 1 fully saturated rings. The second-order valence-electron chi connectivity index (χ2n) is 4.84. The predicted octanol–water partition coefficient (Wildman–Crippen LogP) is 1.85. The van der Waals surface area contributed by atoms with E-state index in [4.69, 9.17) is 0 Å². The van der Waals surface area contributed by atoms with Crippen LogP contribution in [0.4, 0.5) is 0 Å². The quantitative estimate of drug-likeness (QED) is 0.700. The predicted molar refractivity (Wildman–Crippen MR) is 66.3 cm³/mol. The molecule has 0 spiro atoms. The van der Waals surface area contributed by atoms with Gasteiger partial charge in [-0.3, -0.25) is 0 Å². The maximum absolute atomic E-state index is 4.58. The van der Waals surface area contributed by atoms with E-state index >= 15 is 0 Å². The molecule has 0 aliphatic heterocycles. The molecule has 18 heavy (non-hydrogen) atoms. The molecule has 1 aliphatic rings. The molecule has 0 atom stereocenters. The monoisotopic (exact) mass is 239 g/mol. The summed E-state index contributed by atoms with van der Waals surface area (Å²) in [6, 6.07) is 4.29. The molecule has 0 bridgehead atoms. The molecular formula is C13H13N5. The number of nitrogens with zero attached hydrogens (tertiary/aromatic N) is 5. The highest BCUT2D eigenvalue weighted by atomic mass is 15.4. The summed E-state index contributed by atoms with van der Waals surface area (Å²) in [7, 11) is 0. The first kappa shape index (κ1) is 9.82. The summed E-state index contributed by atoms with van der Waals surface area (Å²) in [6.07, 6.45) is 10.5. The lowest BCUT2D eigenvalue weighted by atomic mass is 10.2. The van der Waals surface area contributed by atoms with Gasteiger partial charge in [0.25, 0.3) is 0 Å². The van der Waals surface area contributed by atoms with Crippen molar-refractivity contribution in [3.63, 3.8) is 0 Å². The number of rotatable bonds is 3. The van der Waals surface area contributed by atoms with E-state index in [1.165, 1.54) is 18.4 Å². The lowest BCUT2D eigenvalue weighted by Crippen LogP contribution is -2.00. The van der Waals surface area contributed by atoms with Gasteiger partial charge in [0.05, 0.1) is 18.4 Å². The van der Waals surface area contributed by atoms with Gasteiger partial charge in [0.2, 0.25) is 0 Å². The summed E-state index contributed by atoms with van der Waals surface area (Å²) < 4.78 is 3.89. The Labute approximate surface area is 104 Å². The van der Waals surface area contributed by atoms with E-state index in [0.29, 0.717) is 6.54 Å². The molecule has 0 saturated heterocycles. The van der Waals surface area contributed by atoms with Gasteiger partial charge in [0.15, 0.2) is 0 Å². The van der Waals surface area contributed by atoms with Crippen LogP contribution in [0.5, 0.6) is 0 Å². The topological polar surface area (TPSA) is 48.0 Å². The van der Waals surface area contributed by atoms with Crippen molar-refractivity contribution in [3.05, 3.63) is 48.2 Å². The fourth-order valence-electron chi connectivity index (χ4n) is 2.28. The first-order chi connectivity index (χ1) is 8.88. The Morgan fingerprint density at radius 1 is 1.22 bits per heavy atom. The van der Waals surface area contributed by atoms with Gasteiger partial charge in [0, 0.05) is 18.6 Å². The van der Waals surface area contributed by atoms with Gasteiger partial charge in [0.1, 0.15) is 5.65 Å². The minimum atomic E-state index is 0.667. The summed E-state index contributed by atoms with van der Waals surface area (Å²) in [4.78, 5) is 4.58. The Balaban J connectivity index is 1.70. The third kappa shape index (κ3) is 1.68. The van der Waals surface area contributed by atoms with Crippen molar-refractivity contribution in [2.24, 2.45) is 0 Å². The van der Waals surface area contributed by atoms with Crippen LogP contribution in [0.1, 0.15) is 30.0 Å². The van der Waals surface area contributed by atoms with Crippen LogP contribution in [0.2, 0.25) is 0 Å². The summed E-state index contributed by atoms with van der Waals surface area (Å²) in [5, 5.41) is 7.75. The van der Waals surface area contributed by atoms with Crippen LogP contribution in [0.3, 0.4) is 0 Å². The van der Waals surface area contributed by atoms with Gasteiger partial charge in [-0.1, -0.05) is 11.3 Å². The molecule has 90 valence electrons. The lowest BCUT2D eigenvalue weighted by Gasteiger charge is -1.98. The molecule has 0 aromatic carbocycles. The molecule has 3 aromatic rings. The first-order valence-electron chi connectivity index (χ1n) is 6.20. The fourth-order valence-corrected chi connectivity index (χ4v) is 2.28. The molecule has 1 saturated carbocycles. The van der Waals surface area contributed by atoms with Gasteiger partial charge in [-0.05, 0) is 30.4 Å². The molecule has 0 unspecified atom stereocenters. The summed E-state index contributed by atoms with van der Waals surface area (Å²) >= 11 is 0. The molecule has 3 heterocycles. The first-order valence-corrected chi connectivity index (χ1v) is 6.20. The minimum absolute atomic E-state index is 0.667. The van der Waals surface area contributed by atoms with Gasteiger partial charge in [-0.25, -0.2) is 9.67 Å². The van der Waals surface area contributed by atoms with Crippen LogP contribution in [0.25, 0.3) is 5.65 Å². The zero-order valence-electron chi connectivity index (χ0n) is 9.90. The van der Waals surface area contributed by atoms with Gasteiger partial charge < -0.3 is 4.40 Å². The Morgan fingerprint density at radius 2 is 2.17 bits per heavy atom. The van der Waals surface area contributed by atoms with Crippen molar-refractivity contribution in [2.75, 3.05) is 0 Å². The molecule has 0 N–H and O–H groups in total.